The van der Waals surface area contributed by atoms with Crippen molar-refractivity contribution in [2.75, 3.05) is 19.8 Å². The normalized spacial score (nSPS) is 21.5. The molecule has 1 aliphatic heterocycles. The van der Waals surface area contributed by atoms with Gasteiger partial charge < -0.3 is 39.4 Å². The van der Waals surface area contributed by atoms with E-state index in [1.165, 1.54) is 109 Å². The number of ether oxygens (including phenoxy) is 4. The molecule has 1 rings (SSSR count). The molecule has 6 atom stereocenters. The molecule has 0 bridgehead atoms. The highest BCUT2D eigenvalue weighted by molar-refractivity contribution is 5.70. The SMILES string of the molecule is CCCCCCCCCCCCCCC(=O)OCC(COC1OC(CO)C(O)C(O)C1O)OC(=O)CCCCCCCCCCCCCC. The average molecular weight is 703 g/mol. The molecule has 1 heterocycles. The Hall–Kier alpha value is -1.30. The third-order valence-corrected chi connectivity index (χ3v) is 9.49. The van der Waals surface area contributed by atoms with Crippen LogP contribution >= 0.6 is 0 Å². The third kappa shape index (κ3) is 23.7. The molecule has 1 saturated heterocycles. The van der Waals surface area contributed by atoms with Crippen LogP contribution in [-0.2, 0) is 28.5 Å². The van der Waals surface area contributed by atoms with Crippen LogP contribution in [0.2, 0.25) is 0 Å². The molecule has 49 heavy (non-hydrogen) atoms. The number of esters is 2. The molecule has 290 valence electrons. The zero-order valence-electron chi connectivity index (χ0n) is 31.2. The Morgan fingerprint density at radius 2 is 0.959 bits per heavy atom. The fourth-order valence-electron chi connectivity index (χ4n) is 6.25. The van der Waals surface area contributed by atoms with E-state index in [0.29, 0.717) is 6.42 Å². The maximum atomic E-state index is 12.7. The standard InChI is InChI=1S/C39H74O10/c1-3-5-7-9-11-13-15-17-19-21-23-25-27-34(41)46-30-32(31-47-39-38(45)37(44)36(43)33(29-40)49-39)48-35(42)28-26-24-22-20-18-16-14-12-10-8-6-4-2/h32-33,36-40,43-45H,3-31H2,1-2H3. The van der Waals surface area contributed by atoms with Crippen LogP contribution in [0.4, 0.5) is 0 Å². The predicted molar refractivity (Wildman–Crippen MR) is 192 cm³/mol. The highest BCUT2D eigenvalue weighted by Crippen LogP contribution is 2.22. The summed E-state index contributed by atoms with van der Waals surface area (Å²) in [7, 11) is 0. The number of carbonyl (C=O) groups excluding carboxylic acids is 2. The summed E-state index contributed by atoms with van der Waals surface area (Å²) >= 11 is 0. The van der Waals surface area contributed by atoms with Crippen molar-refractivity contribution in [3.05, 3.63) is 0 Å². The summed E-state index contributed by atoms with van der Waals surface area (Å²) < 4.78 is 22.1. The van der Waals surface area contributed by atoms with Gasteiger partial charge in [0, 0.05) is 12.8 Å². The van der Waals surface area contributed by atoms with Crippen LogP contribution in [0.1, 0.15) is 181 Å². The molecule has 0 spiro atoms. The number of hydrogen-bond acceptors (Lipinski definition) is 10. The fraction of sp³-hybridized carbons (Fsp3) is 0.949. The molecule has 0 saturated carbocycles. The lowest BCUT2D eigenvalue weighted by Gasteiger charge is -2.39. The van der Waals surface area contributed by atoms with E-state index in [-0.39, 0.29) is 32.0 Å². The van der Waals surface area contributed by atoms with E-state index in [1.54, 1.807) is 0 Å². The van der Waals surface area contributed by atoms with Crippen molar-refractivity contribution in [2.24, 2.45) is 0 Å². The first-order chi connectivity index (χ1) is 23.8. The van der Waals surface area contributed by atoms with E-state index in [1.807, 2.05) is 0 Å². The van der Waals surface area contributed by atoms with Gasteiger partial charge in [0.1, 0.15) is 31.0 Å². The molecule has 10 heteroatoms. The molecular weight excluding hydrogens is 628 g/mol. The van der Waals surface area contributed by atoms with Crippen LogP contribution in [0.15, 0.2) is 0 Å². The minimum atomic E-state index is -1.59. The smallest absolute Gasteiger partial charge is 0.306 e. The van der Waals surface area contributed by atoms with E-state index < -0.39 is 49.4 Å². The lowest BCUT2D eigenvalue weighted by molar-refractivity contribution is -0.305. The Labute approximate surface area is 298 Å². The van der Waals surface area contributed by atoms with Gasteiger partial charge in [-0.2, -0.15) is 0 Å². The summed E-state index contributed by atoms with van der Waals surface area (Å²) in [4.78, 5) is 25.2. The number of rotatable bonds is 33. The van der Waals surface area contributed by atoms with Crippen molar-refractivity contribution in [3.8, 4) is 0 Å². The molecule has 0 amide bonds. The van der Waals surface area contributed by atoms with Gasteiger partial charge in [-0.05, 0) is 12.8 Å². The molecular formula is C39H74O10. The van der Waals surface area contributed by atoms with Crippen molar-refractivity contribution >= 4 is 11.9 Å². The number of carbonyl (C=O) groups is 2. The topological polar surface area (TPSA) is 152 Å². The van der Waals surface area contributed by atoms with Crippen LogP contribution in [0.3, 0.4) is 0 Å². The second kappa shape index (κ2) is 31.4. The molecule has 0 aliphatic carbocycles. The van der Waals surface area contributed by atoms with Crippen LogP contribution in [0.5, 0.6) is 0 Å². The molecule has 4 N–H and O–H groups in total. The zero-order chi connectivity index (χ0) is 36.0. The lowest BCUT2D eigenvalue weighted by Crippen LogP contribution is -2.59. The summed E-state index contributed by atoms with van der Waals surface area (Å²) in [5.41, 5.74) is 0. The van der Waals surface area contributed by atoms with Crippen LogP contribution in [0, 0.1) is 0 Å². The van der Waals surface area contributed by atoms with E-state index >= 15 is 0 Å². The third-order valence-electron chi connectivity index (χ3n) is 9.49. The van der Waals surface area contributed by atoms with Crippen molar-refractivity contribution in [1.82, 2.24) is 0 Å². The highest BCUT2D eigenvalue weighted by atomic mass is 16.7. The Morgan fingerprint density at radius 3 is 1.39 bits per heavy atom. The van der Waals surface area contributed by atoms with Gasteiger partial charge in [0.15, 0.2) is 12.4 Å². The quantitative estimate of drug-likeness (QED) is 0.0401. The van der Waals surface area contributed by atoms with Gasteiger partial charge in [-0.25, -0.2) is 0 Å². The minimum Gasteiger partial charge on any atom is -0.462 e. The molecule has 0 aromatic rings. The molecule has 1 fully saturated rings. The van der Waals surface area contributed by atoms with Gasteiger partial charge in [0.2, 0.25) is 0 Å². The highest BCUT2D eigenvalue weighted by Gasteiger charge is 2.44. The van der Waals surface area contributed by atoms with Crippen LogP contribution in [-0.4, -0.2) is 89.0 Å². The Kier molecular flexibility index (Phi) is 29.3. The van der Waals surface area contributed by atoms with Gasteiger partial charge in [0.05, 0.1) is 13.2 Å². The van der Waals surface area contributed by atoms with E-state index in [0.717, 1.165) is 38.5 Å². The molecule has 0 aromatic heterocycles. The van der Waals surface area contributed by atoms with Gasteiger partial charge in [0.25, 0.3) is 0 Å². The summed E-state index contributed by atoms with van der Waals surface area (Å²) in [6.45, 7) is 3.41. The average Bonchev–Trinajstić information content (AvgIpc) is 3.10. The van der Waals surface area contributed by atoms with Gasteiger partial charge in [-0.15, -0.1) is 0 Å². The Morgan fingerprint density at radius 1 is 0.551 bits per heavy atom. The summed E-state index contributed by atoms with van der Waals surface area (Å²) in [5.74, 6) is -0.798. The first-order valence-corrected chi connectivity index (χ1v) is 20.1. The summed E-state index contributed by atoms with van der Waals surface area (Å²) in [6.07, 6.45) is 21.1. The first-order valence-electron chi connectivity index (χ1n) is 20.1. The van der Waals surface area contributed by atoms with Gasteiger partial charge in [-0.3, -0.25) is 9.59 Å². The molecule has 0 aromatic carbocycles. The molecule has 6 unspecified atom stereocenters. The second-order valence-corrected chi connectivity index (χ2v) is 14.1. The van der Waals surface area contributed by atoms with E-state index in [9.17, 15) is 30.0 Å². The molecule has 0 radical (unpaired) electrons. The van der Waals surface area contributed by atoms with Crippen molar-refractivity contribution < 1.29 is 49.0 Å². The number of hydrogen-bond donors (Lipinski definition) is 4. The lowest BCUT2D eigenvalue weighted by atomic mass is 9.99. The van der Waals surface area contributed by atoms with Crippen LogP contribution in [0.25, 0.3) is 0 Å². The maximum absolute atomic E-state index is 12.7. The number of aliphatic hydroxyl groups is 4. The zero-order valence-corrected chi connectivity index (χ0v) is 31.2. The van der Waals surface area contributed by atoms with Crippen molar-refractivity contribution in [1.29, 1.82) is 0 Å². The molecule has 1 aliphatic rings. The predicted octanol–water partition coefficient (Wildman–Crippen LogP) is 7.44. The van der Waals surface area contributed by atoms with Crippen molar-refractivity contribution in [3.63, 3.8) is 0 Å². The number of unbranched alkanes of at least 4 members (excludes halogenated alkanes) is 22. The number of aliphatic hydroxyl groups excluding tert-OH is 4. The van der Waals surface area contributed by atoms with E-state index in [4.69, 9.17) is 18.9 Å². The monoisotopic (exact) mass is 703 g/mol. The Bertz CT molecular complexity index is 779. The second-order valence-electron chi connectivity index (χ2n) is 14.1. The van der Waals surface area contributed by atoms with Crippen molar-refractivity contribution in [2.45, 2.75) is 218 Å². The molecule has 10 nitrogen and oxygen atoms in total. The minimum absolute atomic E-state index is 0.210. The first kappa shape index (κ1) is 45.7. The maximum Gasteiger partial charge on any atom is 0.306 e. The fourth-order valence-corrected chi connectivity index (χ4v) is 6.25. The Balaban J connectivity index is 2.38. The van der Waals surface area contributed by atoms with E-state index in [2.05, 4.69) is 13.8 Å². The van der Waals surface area contributed by atoms with Gasteiger partial charge in [-0.1, -0.05) is 155 Å². The summed E-state index contributed by atoms with van der Waals surface area (Å²) in [5, 5.41) is 39.9. The van der Waals surface area contributed by atoms with Crippen LogP contribution < -0.4 is 0 Å². The summed E-state index contributed by atoms with van der Waals surface area (Å²) in [6, 6.07) is 0. The largest absolute Gasteiger partial charge is 0.462 e. The van der Waals surface area contributed by atoms with Gasteiger partial charge >= 0.3 is 11.9 Å².